The number of piperazine rings is 1. The first-order valence-corrected chi connectivity index (χ1v) is 8.61. The van der Waals surface area contributed by atoms with Gasteiger partial charge in [0, 0.05) is 38.1 Å². The van der Waals surface area contributed by atoms with Gasteiger partial charge in [0.25, 0.3) is 0 Å². The zero-order valence-corrected chi connectivity index (χ0v) is 14.3. The normalized spacial score (nSPS) is 26.7. The quantitative estimate of drug-likeness (QED) is 0.864. The van der Waals surface area contributed by atoms with Gasteiger partial charge in [-0.25, -0.2) is 0 Å². The van der Waals surface area contributed by atoms with Crippen LogP contribution < -0.4 is 5.32 Å². The molecule has 1 N–H and O–H groups in total. The highest BCUT2D eigenvalue weighted by molar-refractivity contribution is 5.76. The zero-order valence-electron chi connectivity index (χ0n) is 14.3. The number of nitrogens with one attached hydrogen (secondary N) is 1. The number of rotatable bonds is 3. The highest BCUT2D eigenvalue weighted by atomic mass is 16.2. The molecular formula is C17H33N3O. The Hall–Kier alpha value is -0.610. The Morgan fingerprint density at radius 2 is 1.90 bits per heavy atom. The zero-order chi connectivity index (χ0) is 15.5. The molecule has 4 heteroatoms. The molecule has 2 saturated heterocycles. The first-order valence-electron chi connectivity index (χ1n) is 8.61. The van der Waals surface area contributed by atoms with E-state index in [-0.39, 0.29) is 5.54 Å². The monoisotopic (exact) mass is 295 g/mol. The average Bonchev–Trinajstić information content (AvgIpc) is 2.47. The molecule has 21 heavy (non-hydrogen) atoms. The second kappa shape index (κ2) is 7.10. The van der Waals surface area contributed by atoms with E-state index >= 15 is 0 Å². The summed E-state index contributed by atoms with van der Waals surface area (Å²) < 4.78 is 0. The van der Waals surface area contributed by atoms with Crippen LogP contribution in [0.1, 0.15) is 47.0 Å². The number of hydrogen-bond donors (Lipinski definition) is 1. The van der Waals surface area contributed by atoms with Gasteiger partial charge in [0.1, 0.15) is 0 Å². The third-order valence-electron chi connectivity index (χ3n) is 5.22. The number of piperidine rings is 1. The highest BCUT2D eigenvalue weighted by Gasteiger charge is 2.29. The van der Waals surface area contributed by atoms with Gasteiger partial charge in [-0.05, 0) is 58.5 Å². The minimum absolute atomic E-state index is 0.218. The summed E-state index contributed by atoms with van der Waals surface area (Å²) in [6.07, 6.45) is 3.26. The summed E-state index contributed by atoms with van der Waals surface area (Å²) in [5, 5.41) is 3.46. The van der Waals surface area contributed by atoms with E-state index in [9.17, 15) is 4.79 Å². The van der Waals surface area contributed by atoms with E-state index in [0.29, 0.717) is 17.7 Å². The molecular weight excluding hydrogens is 262 g/mol. The first-order chi connectivity index (χ1) is 9.88. The third kappa shape index (κ3) is 4.68. The van der Waals surface area contributed by atoms with Gasteiger partial charge >= 0.3 is 0 Å². The minimum atomic E-state index is 0.218. The molecule has 0 saturated carbocycles. The van der Waals surface area contributed by atoms with E-state index < -0.39 is 0 Å². The first kappa shape index (κ1) is 16.8. The van der Waals surface area contributed by atoms with Crippen LogP contribution >= 0.6 is 0 Å². The molecule has 0 radical (unpaired) electrons. The molecule has 0 aromatic rings. The van der Waals surface area contributed by atoms with Gasteiger partial charge in [-0.2, -0.15) is 0 Å². The summed E-state index contributed by atoms with van der Waals surface area (Å²) in [6, 6.07) is 0. The highest BCUT2D eigenvalue weighted by Crippen LogP contribution is 2.24. The summed E-state index contributed by atoms with van der Waals surface area (Å²) in [6.45, 7) is 15.0. The number of hydrogen-bond acceptors (Lipinski definition) is 3. The topological polar surface area (TPSA) is 35.6 Å². The summed E-state index contributed by atoms with van der Waals surface area (Å²) in [5.41, 5.74) is 0.218. The van der Waals surface area contributed by atoms with Crippen molar-refractivity contribution in [3.8, 4) is 0 Å². The van der Waals surface area contributed by atoms with E-state index in [0.717, 1.165) is 45.7 Å². The standard InChI is InChI=1S/C17H33N3O/c1-14(15-6-5-7-18-13-15)12-16(21)19-8-10-20(11-9-19)17(2,3)4/h14-15,18H,5-13H2,1-4H3. The van der Waals surface area contributed by atoms with Gasteiger partial charge in [0.05, 0.1) is 0 Å². The molecule has 0 aromatic carbocycles. The van der Waals surface area contributed by atoms with Gasteiger partial charge in [-0.1, -0.05) is 6.92 Å². The molecule has 2 fully saturated rings. The van der Waals surface area contributed by atoms with Crippen LogP contribution in [0, 0.1) is 11.8 Å². The number of carbonyl (C=O) groups excluding carboxylic acids is 1. The summed E-state index contributed by atoms with van der Waals surface area (Å²) in [5.74, 6) is 1.55. The van der Waals surface area contributed by atoms with Crippen LogP contribution in [0.3, 0.4) is 0 Å². The fraction of sp³-hybridized carbons (Fsp3) is 0.941. The van der Waals surface area contributed by atoms with Gasteiger partial charge in [-0.15, -0.1) is 0 Å². The molecule has 0 bridgehead atoms. The van der Waals surface area contributed by atoms with Gasteiger partial charge in [0.15, 0.2) is 0 Å². The van der Waals surface area contributed by atoms with Gasteiger partial charge < -0.3 is 10.2 Å². The van der Waals surface area contributed by atoms with E-state index in [1.807, 2.05) is 0 Å². The molecule has 4 nitrogen and oxygen atoms in total. The Labute approximate surface area is 130 Å². The predicted octanol–water partition coefficient (Wildman–Crippen LogP) is 1.95. The maximum Gasteiger partial charge on any atom is 0.222 e. The fourth-order valence-corrected chi connectivity index (χ4v) is 3.56. The van der Waals surface area contributed by atoms with Crippen molar-refractivity contribution < 1.29 is 4.79 Å². The Bertz CT molecular complexity index is 336. The summed E-state index contributed by atoms with van der Waals surface area (Å²) >= 11 is 0. The summed E-state index contributed by atoms with van der Waals surface area (Å²) in [4.78, 5) is 17.1. The number of amides is 1. The summed E-state index contributed by atoms with van der Waals surface area (Å²) in [7, 11) is 0. The van der Waals surface area contributed by atoms with E-state index in [1.165, 1.54) is 12.8 Å². The average molecular weight is 295 g/mol. The Morgan fingerprint density at radius 1 is 1.24 bits per heavy atom. The van der Waals surface area contributed by atoms with Gasteiger partial charge in [0.2, 0.25) is 5.91 Å². The van der Waals surface area contributed by atoms with Crippen LogP contribution in [0.5, 0.6) is 0 Å². The van der Waals surface area contributed by atoms with Crippen molar-refractivity contribution in [1.82, 2.24) is 15.1 Å². The van der Waals surface area contributed by atoms with Crippen molar-refractivity contribution in [2.45, 2.75) is 52.5 Å². The maximum absolute atomic E-state index is 12.5. The molecule has 122 valence electrons. The molecule has 0 aliphatic carbocycles. The van der Waals surface area contributed by atoms with Crippen LogP contribution in [0.4, 0.5) is 0 Å². The molecule has 2 atom stereocenters. The molecule has 2 heterocycles. The van der Waals surface area contributed by atoms with Crippen LogP contribution in [0.15, 0.2) is 0 Å². The van der Waals surface area contributed by atoms with Crippen LogP contribution in [0.2, 0.25) is 0 Å². The van der Waals surface area contributed by atoms with E-state index in [1.54, 1.807) is 0 Å². The molecule has 2 aliphatic rings. The Morgan fingerprint density at radius 3 is 2.43 bits per heavy atom. The molecule has 0 spiro atoms. The SMILES string of the molecule is CC(CC(=O)N1CCN(C(C)(C)C)CC1)C1CCCNC1. The molecule has 2 rings (SSSR count). The second-order valence-electron chi connectivity index (χ2n) is 7.83. The largest absolute Gasteiger partial charge is 0.340 e. The van der Waals surface area contributed by atoms with Crippen molar-refractivity contribution in [3.63, 3.8) is 0 Å². The lowest BCUT2D eigenvalue weighted by Crippen LogP contribution is -2.54. The van der Waals surface area contributed by atoms with Crippen molar-refractivity contribution in [3.05, 3.63) is 0 Å². The third-order valence-corrected chi connectivity index (χ3v) is 5.22. The lowest BCUT2D eigenvalue weighted by Gasteiger charge is -2.42. The van der Waals surface area contributed by atoms with Crippen LogP contribution in [-0.2, 0) is 4.79 Å². The minimum Gasteiger partial charge on any atom is -0.340 e. The second-order valence-corrected chi connectivity index (χ2v) is 7.83. The Kier molecular flexibility index (Phi) is 5.67. The number of carbonyl (C=O) groups is 1. The van der Waals surface area contributed by atoms with Crippen LogP contribution in [-0.4, -0.2) is 60.5 Å². The maximum atomic E-state index is 12.5. The van der Waals surface area contributed by atoms with Crippen molar-refractivity contribution in [2.75, 3.05) is 39.3 Å². The predicted molar refractivity (Wildman–Crippen MR) is 87.3 cm³/mol. The molecule has 2 unspecified atom stereocenters. The Balaban J connectivity index is 1.76. The van der Waals surface area contributed by atoms with Crippen molar-refractivity contribution >= 4 is 5.91 Å². The molecule has 1 amide bonds. The van der Waals surface area contributed by atoms with Crippen molar-refractivity contribution in [1.29, 1.82) is 0 Å². The van der Waals surface area contributed by atoms with Gasteiger partial charge in [-0.3, -0.25) is 9.69 Å². The lowest BCUT2D eigenvalue weighted by atomic mass is 9.85. The van der Waals surface area contributed by atoms with E-state index in [2.05, 4.69) is 42.8 Å². The molecule has 2 aliphatic heterocycles. The lowest BCUT2D eigenvalue weighted by molar-refractivity contribution is -0.135. The van der Waals surface area contributed by atoms with E-state index in [4.69, 9.17) is 0 Å². The van der Waals surface area contributed by atoms with Crippen molar-refractivity contribution in [2.24, 2.45) is 11.8 Å². The fourth-order valence-electron chi connectivity index (χ4n) is 3.56. The van der Waals surface area contributed by atoms with Crippen LogP contribution in [0.25, 0.3) is 0 Å². The molecule has 0 aromatic heterocycles. The smallest absolute Gasteiger partial charge is 0.222 e. The number of nitrogens with zero attached hydrogens (tertiary/aromatic N) is 2.